The minimum Gasteiger partial charge on any atom is -0.396 e. The molecule has 3 nitrogen and oxygen atoms in total. The second-order valence-corrected chi connectivity index (χ2v) is 6.06. The molecule has 1 N–H and O–H groups in total. The molecular formula is C14H27NO2. The molecule has 0 aromatic heterocycles. The molecular weight excluding hydrogens is 214 g/mol. The molecule has 1 saturated carbocycles. The molecule has 2 rings (SSSR count). The molecule has 0 bridgehead atoms. The fourth-order valence-corrected chi connectivity index (χ4v) is 3.63. The van der Waals surface area contributed by atoms with E-state index in [1.807, 2.05) is 0 Å². The third-order valence-corrected chi connectivity index (χ3v) is 4.56. The first kappa shape index (κ1) is 13.3. The number of hydrogen-bond donors (Lipinski definition) is 1. The zero-order valence-corrected chi connectivity index (χ0v) is 11.2. The predicted molar refractivity (Wildman–Crippen MR) is 69.0 cm³/mol. The van der Waals surface area contributed by atoms with Crippen molar-refractivity contribution in [2.75, 3.05) is 40.0 Å². The van der Waals surface area contributed by atoms with Crippen LogP contribution in [0.15, 0.2) is 0 Å². The Morgan fingerprint density at radius 3 is 2.71 bits per heavy atom. The number of ether oxygens (including phenoxy) is 1. The number of likely N-dealkylation sites (tertiary alicyclic amines) is 1. The molecule has 1 saturated heterocycles. The Hall–Kier alpha value is -0.120. The predicted octanol–water partition coefficient (Wildman–Crippen LogP) is 1.90. The van der Waals surface area contributed by atoms with Crippen LogP contribution < -0.4 is 0 Å². The van der Waals surface area contributed by atoms with Gasteiger partial charge in [0, 0.05) is 32.2 Å². The van der Waals surface area contributed by atoms with Gasteiger partial charge in [-0.05, 0) is 38.1 Å². The number of aliphatic hydroxyl groups is 1. The highest BCUT2D eigenvalue weighted by Gasteiger charge is 2.36. The molecule has 1 heterocycles. The van der Waals surface area contributed by atoms with E-state index >= 15 is 0 Å². The van der Waals surface area contributed by atoms with E-state index in [0.717, 1.165) is 19.7 Å². The largest absolute Gasteiger partial charge is 0.396 e. The van der Waals surface area contributed by atoms with Crippen LogP contribution in [0.25, 0.3) is 0 Å². The molecule has 0 aromatic carbocycles. The van der Waals surface area contributed by atoms with Gasteiger partial charge in [0.15, 0.2) is 0 Å². The van der Waals surface area contributed by atoms with Gasteiger partial charge in [0.1, 0.15) is 0 Å². The molecule has 1 atom stereocenters. The van der Waals surface area contributed by atoms with E-state index in [-0.39, 0.29) is 5.41 Å². The smallest absolute Gasteiger partial charge is 0.0502 e. The van der Waals surface area contributed by atoms with E-state index in [4.69, 9.17) is 4.74 Å². The second-order valence-electron chi connectivity index (χ2n) is 6.06. The maximum atomic E-state index is 9.67. The molecule has 3 heteroatoms. The maximum Gasteiger partial charge on any atom is 0.0502 e. The van der Waals surface area contributed by atoms with E-state index in [0.29, 0.717) is 12.5 Å². The van der Waals surface area contributed by atoms with Crippen LogP contribution in [-0.2, 0) is 4.74 Å². The van der Waals surface area contributed by atoms with Crippen LogP contribution in [0.3, 0.4) is 0 Å². The van der Waals surface area contributed by atoms with Crippen LogP contribution in [0.1, 0.15) is 38.5 Å². The summed E-state index contributed by atoms with van der Waals surface area (Å²) >= 11 is 0. The Labute approximate surface area is 105 Å². The Balaban J connectivity index is 1.85. The monoisotopic (exact) mass is 241 g/mol. The van der Waals surface area contributed by atoms with Crippen molar-refractivity contribution in [3.05, 3.63) is 0 Å². The maximum absolute atomic E-state index is 9.67. The van der Waals surface area contributed by atoms with Crippen molar-refractivity contribution >= 4 is 0 Å². The highest BCUT2D eigenvalue weighted by Crippen LogP contribution is 2.39. The number of nitrogens with zero attached hydrogens (tertiary/aromatic N) is 1. The molecule has 0 spiro atoms. The number of aliphatic hydroxyl groups excluding tert-OH is 1. The lowest BCUT2D eigenvalue weighted by molar-refractivity contribution is 0.0388. The Bertz CT molecular complexity index is 224. The van der Waals surface area contributed by atoms with Crippen molar-refractivity contribution in [2.45, 2.75) is 38.5 Å². The van der Waals surface area contributed by atoms with Crippen molar-refractivity contribution < 1.29 is 9.84 Å². The van der Waals surface area contributed by atoms with Gasteiger partial charge in [-0.2, -0.15) is 0 Å². The summed E-state index contributed by atoms with van der Waals surface area (Å²) in [6.45, 7) is 4.74. The van der Waals surface area contributed by atoms with Gasteiger partial charge >= 0.3 is 0 Å². The van der Waals surface area contributed by atoms with Crippen molar-refractivity contribution in [3.8, 4) is 0 Å². The van der Waals surface area contributed by atoms with E-state index < -0.39 is 0 Å². The van der Waals surface area contributed by atoms with Gasteiger partial charge in [-0.3, -0.25) is 0 Å². The zero-order valence-electron chi connectivity index (χ0n) is 11.2. The lowest BCUT2D eigenvalue weighted by atomic mass is 9.85. The van der Waals surface area contributed by atoms with Crippen LogP contribution in [0.2, 0.25) is 0 Å². The van der Waals surface area contributed by atoms with E-state index in [1.165, 1.54) is 45.1 Å². The quantitative estimate of drug-likeness (QED) is 0.798. The van der Waals surface area contributed by atoms with Gasteiger partial charge in [0.25, 0.3) is 0 Å². The fraction of sp³-hybridized carbons (Fsp3) is 1.00. The molecule has 0 amide bonds. The van der Waals surface area contributed by atoms with Gasteiger partial charge < -0.3 is 14.7 Å². The molecule has 1 aliphatic carbocycles. The average molecular weight is 241 g/mol. The minimum absolute atomic E-state index is 0.217. The number of hydrogen-bond acceptors (Lipinski definition) is 3. The fourth-order valence-electron chi connectivity index (χ4n) is 3.63. The summed E-state index contributed by atoms with van der Waals surface area (Å²) in [4.78, 5) is 2.56. The normalized spacial score (nSPS) is 29.6. The summed E-state index contributed by atoms with van der Waals surface area (Å²) in [6, 6.07) is 0. The molecule has 100 valence electrons. The molecule has 0 radical (unpaired) electrons. The summed E-state index contributed by atoms with van der Waals surface area (Å²) in [5, 5.41) is 9.67. The lowest BCUT2D eigenvalue weighted by Crippen LogP contribution is -2.44. The molecule has 17 heavy (non-hydrogen) atoms. The standard InChI is InChI=1S/C14H27NO2/c1-17-10-13-5-4-8-15(9-13)11-14(12-16)6-2-3-7-14/h13,16H,2-12H2,1H3. The molecule has 2 aliphatic rings. The summed E-state index contributed by atoms with van der Waals surface area (Å²) in [5.74, 6) is 0.700. The average Bonchev–Trinajstić information content (AvgIpc) is 2.79. The number of rotatable bonds is 5. The summed E-state index contributed by atoms with van der Waals surface area (Å²) in [6.07, 6.45) is 7.63. The molecule has 2 fully saturated rings. The van der Waals surface area contributed by atoms with E-state index in [1.54, 1.807) is 7.11 Å². The van der Waals surface area contributed by atoms with Crippen LogP contribution in [0.4, 0.5) is 0 Å². The first-order valence-corrected chi connectivity index (χ1v) is 7.10. The van der Waals surface area contributed by atoms with Crippen molar-refractivity contribution in [1.82, 2.24) is 4.90 Å². The number of methoxy groups -OCH3 is 1. The van der Waals surface area contributed by atoms with Gasteiger partial charge in [0.2, 0.25) is 0 Å². The third-order valence-electron chi connectivity index (χ3n) is 4.56. The zero-order chi connectivity index (χ0) is 12.1. The van der Waals surface area contributed by atoms with Gasteiger partial charge in [-0.15, -0.1) is 0 Å². The van der Waals surface area contributed by atoms with E-state index in [2.05, 4.69) is 4.90 Å². The highest BCUT2D eigenvalue weighted by molar-refractivity contribution is 4.88. The minimum atomic E-state index is 0.217. The Morgan fingerprint density at radius 1 is 1.29 bits per heavy atom. The van der Waals surface area contributed by atoms with Crippen molar-refractivity contribution in [1.29, 1.82) is 0 Å². The van der Waals surface area contributed by atoms with Crippen LogP contribution in [0, 0.1) is 11.3 Å². The van der Waals surface area contributed by atoms with E-state index in [9.17, 15) is 5.11 Å². The lowest BCUT2D eigenvalue weighted by Gasteiger charge is -2.38. The highest BCUT2D eigenvalue weighted by atomic mass is 16.5. The Kier molecular flexibility index (Phi) is 4.83. The van der Waals surface area contributed by atoms with Crippen molar-refractivity contribution in [2.24, 2.45) is 11.3 Å². The van der Waals surface area contributed by atoms with Gasteiger partial charge in [0.05, 0.1) is 6.61 Å². The molecule has 0 aromatic rings. The van der Waals surface area contributed by atoms with Crippen LogP contribution in [-0.4, -0.2) is 50.0 Å². The summed E-state index contributed by atoms with van der Waals surface area (Å²) in [5.41, 5.74) is 0.217. The summed E-state index contributed by atoms with van der Waals surface area (Å²) < 4.78 is 5.28. The third kappa shape index (κ3) is 3.43. The second kappa shape index (κ2) is 6.17. The first-order chi connectivity index (χ1) is 8.28. The summed E-state index contributed by atoms with van der Waals surface area (Å²) in [7, 11) is 1.80. The van der Waals surface area contributed by atoms with Crippen LogP contribution >= 0.6 is 0 Å². The topological polar surface area (TPSA) is 32.7 Å². The van der Waals surface area contributed by atoms with Gasteiger partial charge in [-0.25, -0.2) is 0 Å². The molecule has 1 aliphatic heterocycles. The van der Waals surface area contributed by atoms with Crippen LogP contribution in [0.5, 0.6) is 0 Å². The first-order valence-electron chi connectivity index (χ1n) is 7.10. The Morgan fingerprint density at radius 2 is 2.06 bits per heavy atom. The van der Waals surface area contributed by atoms with Crippen molar-refractivity contribution in [3.63, 3.8) is 0 Å². The van der Waals surface area contributed by atoms with Gasteiger partial charge in [-0.1, -0.05) is 12.8 Å². The SMILES string of the molecule is COCC1CCCN(CC2(CO)CCCC2)C1. The number of piperidine rings is 1. The molecule has 1 unspecified atom stereocenters.